The third kappa shape index (κ3) is 3.57. The van der Waals surface area contributed by atoms with Gasteiger partial charge in [-0.3, -0.25) is 24.8 Å². The van der Waals surface area contributed by atoms with Gasteiger partial charge in [0, 0.05) is 36.8 Å². The zero-order valence-corrected chi connectivity index (χ0v) is 14.8. The number of rotatable bonds is 5. The summed E-state index contributed by atoms with van der Waals surface area (Å²) in [6.45, 7) is 0. The second-order valence-corrected chi connectivity index (χ2v) is 6.07. The first-order valence-electron chi connectivity index (χ1n) is 8.21. The average molecular weight is 370 g/mol. The molecule has 0 aliphatic carbocycles. The summed E-state index contributed by atoms with van der Waals surface area (Å²) in [5.41, 5.74) is 1.77. The van der Waals surface area contributed by atoms with Gasteiger partial charge in [-0.05, 0) is 11.6 Å². The maximum atomic E-state index is 12.1. The molecule has 140 valence electrons. The summed E-state index contributed by atoms with van der Waals surface area (Å²) >= 11 is 0. The fraction of sp³-hybridized carbons (Fsp3) is 0.278. The standard InChI is InChI=1S/C18H18N4O5/c1-22-16(24)12(15(23)21-18(22)26)9-20-14(17(25)27-2)7-10-8-19-13-6-4-3-5-11(10)13/h3-6,8-9,12,14,19H,7H2,1-2H3,(H,21,23,26)/t12-,14+/m1/s1. The number of aliphatic imine (C=N–C) groups is 1. The molecule has 4 amide bonds. The highest BCUT2D eigenvalue weighted by atomic mass is 16.5. The minimum absolute atomic E-state index is 0.227. The molecule has 1 aliphatic rings. The van der Waals surface area contributed by atoms with Gasteiger partial charge in [0.25, 0.3) is 0 Å². The van der Waals surface area contributed by atoms with E-state index in [0.717, 1.165) is 27.6 Å². The second-order valence-electron chi connectivity index (χ2n) is 6.07. The summed E-state index contributed by atoms with van der Waals surface area (Å²) < 4.78 is 4.79. The molecule has 2 N–H and O–H groups in total. The third-order valence-electron chi connectivity index (χ3n) is 4.39. The molecular weight excluding hydrogens is 352 g/mol. The van der Waals surface area contributed by atoms with Crippen LogP contribution in [-0.2, 0) is 25.5 Å². The van der Waals surface area contributed by atoms with Gasteiger partial charge in [0.1, 0.15) is 0 Å². The number of amides is 4. The number of para-hydroxylation sites is 1. The Morgan fingerprint density at radius 3 is 2.81 bits per heavy atom. The third-order valence-corrected chi connectivity index (χ3v) is 4.39. The number of esters is 1. The van der Waals surface area contributed by atoms with Crippen molar-refractivity contribution in [2.75, 3.05) is 14.2 Å². The van der Waals surface area contributed by atoms with Gasteiger partial charge in [-0.25, -0.2) is 9.59 Å². The predicted octanol–water partition coefficient (Wildman–Crippen LogP) is 0.647. The van der Waals surface area contributed by atoms with Crippen LogP contribution >= 0.6 is 0 Å². The van der Waals surface area contributed by atoms with Gasteiger partial charge in [0.05, 0.1) is 7.11 Å². The van der Waals surface area contributed by atoms with Crippen LogP contribution in [-0.4, -0.2) is 60.1 Å². The zero-order chi connectivity index (χ0) is 19.6. The first-order valence-corrected chi connectivity index (χ1v) is 8.21. The van der Waals surface area contributed by atoms with E-state index in [9.17, 15) is 19.2 Å². The summed E-state index contributed by atoms with van der Waals surface area (Å²) in [5.74, 6) is -3.35. The second kappa shape index (κ2) is 7.40. The van der Waals surface area contributed by atoms with Crippen molar-refractivity contribution in [1.29, 1.82) is 0 Å². The van der Waals surface area contributed by atoms with Gasteiger partial charge in [-0.15, -0.1) is 0 Å². The topological polar surface area (TPSA) is 121 Å². The molecule has 0 spiro atoms. The first kappa shape index (κ1) is 18.3. The number of hydrogen-bond donors (Lipinski definition) is 2. The van der Waals surface area contributed by atoms with Crippen molar-refractivity contribution < 1.29 is 23.9 Å². The number of fused-ring (bicyclic) bond motifs is 1. The van der Waals surface area contributed by atoms with Crippen LogP contribution in [0.4, 0.5) is 4.79 Å². The van der Waals surface area contributed by atoms with Gasteiger partial charge in [-0.1, -0.05) is 18.2 Å². The van der Waals surface area contributed by atoms with E-state index in [1.807, 2.05) is 24.3 Å². The minimum atomic E-state index is -1.28. The molecule has 1 fully saturated rings. The van der Waals surface area contributed by atoms with Crippen molar-refractivity contribution in [2.45, 2.75) is 12.5 Å². The molecule has 1 saturated heterocycles. The van der Waals surface area contributed by atoms with Crippen LogP contribution in [0.2, 0.25) is 0 Å². The number of imide groups is 2. The number of methoxy groups -OCH3 is 1. The van der Waals surface area contributed by atoms with Crippen molar-refractivity contribution in [3.05, 3.63) is 36.0 Å². The van der Waals surface area contributed by atoms with Crippen LogP contribution in [0.3, 0.4) is 0 Å². The maximum Gasteiger partial charge on any atom is 0.330 e. The normalized spacial score (nSPS) is 18.8. The number of urea groups is 1. The van der Waals surface area contributed by atoms with Gasteiger partial charge < -0.3 is 9.72 Å². The van der Waals surface area contributed by atoms with E-state index >= 15 is 0 Å². The Hall–Kier alpha value is -3.49. The Kier molecular flexibility index (Phi) is 5.02. The SMILES string of the molecule is COC(=O)[C@H](Cc1c[nH]c2ccccc12)N=C[C@@H]1C(=O)NC(=O)N(C)C1=O. The summed E-state index contributed by atoms with van der Waals surface area (Å²) in [7, 11) is 2.50. The molecule has 3 rings (SSSR count). The first-order chi connectivity index (χ1) is 12.9. The van der Waals surface area contributed by atoms with Crippen molar-refractivity contribution in [3.63, 3.8) is 0 Å². The van der Waals surface area contributed by atoms with E-state index in [2.05, 4.69) is 15.3 Å². The van der Waals surface area contributed by atoms with E-state index < -0.39 is 35.8 Å². The van der Waals surface area contributed by atoms with Crippen molar-refractivity contribution in [3.8, 4) is 0 Å². The van der Waals surface area contributed by atoms with Gasteiger partial charge >= 0.3 is 12.0 Å². The smallest absolute Gasteiger partial charge is 0.330 e. The number of hydrogen-bond acceptors (Lipinski definition) is 6. The number of nitrogens with zero attached hydrogens (tertiary/aromatic N) is 2. The van der Waals surface area contributed by atoms with E-state index in [1.54, 1.807) is 6.20 Å². The Labute approximate surface area is 154 Å². The Morgan fingerprint density at radius 2 is 2.07 bits per heavy atom. The molecule has 2 atom stereocenters. The number of aromatic nitrogens is 1. The molecule has 1 aromatic heterocycles. The van der Waals surface area contributed by atoms with Gasteiger partial charge in [0.2, 0.25) is 11.8 Å². The number of barbiturate groups is 1. The van der Waals surface area contributed by atoms with E-state index in [4.69, 9.17) is 4.74 Å². The molecule has 0 saturated carbocycles. The van der Waals surface area contributed by atoms with Gasteiger partial charge in [-0.2, -0.15) is 0 Å². The highest BCUT2D eigenvalue weighted by Crippen LogP contribution is 2.20. The molecule has 0 bridgehead atoms. The van der Waals surface area contributed by atoms with Crippen molar-refractivity contribution >= 4 is 40.9 Å². The summed E-state index contributed by atoms with van der Waals surface area (Å²) in [4.78, 5) is 55.6. The number of benzene rings is 1. The molecule has 2 aromatic rings. The Morgan fingerprint density at radius 1 is 1.33 bits per heavy atom. The lowest BCUT2D eigenvalue weighted by Gasteiger charge is -2.25. The lowest BCUT2D eigenvalue weighted by Crippen LogP contribution is -2.56. The van der Waals surface area contributed by atoms with Crippen LogP contribution in [0.1, 0.15) is 5.56 Å². The summed E-state index contributed by atoms with van der Waals surface area (Å²) in [6, 6.07) is 5.87. The molecule has 0 unspecified atom stereocenters. The average Bonchev–Trinajstić information content (AvgIpc) is 3.07. The monoisotopic (exact) mass is 370 g/mol. The van der Waals surface area contributed by atoms with Crippen LogP contribution in [0.25, 0.3) is 10.9 Å². The van der Waals surface area contributed by atoms with Crippen LogP contribution in [0, 0.1) is 5.92 Å². The maximum absolute atomic E-state index is 12.1. The molecule has 1 aliphatic heterocycles. The lowest BCUT2D eigenvalue weighted by molar-refractivity contribution is -0.142. The highest BCUT2D eigenvalue weighted by Gasteiger charge is 2.37. The van der Waals surface area contributed by atoms with E-state index in [-0.39, 0.29) is 6.42 Å². The van der Waals surface area contributed by atoms with Gasteiger partial charge in [0.15, 0.2) is 12.0 Å². The number of aromatic amines is 1. The molecule has 9 heteroatoms. The zero-order valence-electron chi connectivity index (χ0n) is 14.8. The molecular formula is C18H18N4O5. The van der Waals surface area contributed by atoms with E-state index in [1.165, 1.54) is 14.2 Å². The highest BCUT2D eigenvalue weighted by molar-refractivity contribution is 6.23. The predicted molar refractivity (Wildman–Crippen MR) is 96.1 cm³/mol. The molecule has 2 heterocycles. The fourth-order valence-electron chi connectivity index (χ4n) is 2.85. The Bertz CT molecular complexity index is 948. The number of nitrogens with one attached hydrogen (secondary N) is 2. The number of carbonyl (C=O) groups excluding carboxylic acids is 4. The summed E-state index contributed by atoms with van der Waals surface area (Å²) in [6.07, 6.45) is 3.10. The fourth-order valence-corrected chi connectivity index (χ4v) is 2.85. The summed E-state index contributed by atoms with van der Waals surface area (Å²) in [5, 5.41) is 3.00. The number of carbonyl (C=O) groups is 4. The largest absolute Gasteiger partial charge is 0.467 e. The van der Waals surface area contributed by atoms with Crippen molar-refractivity contribution in [1.82, 2.24) is 15.2 Å². The number of ether oxygens (including phenoxy) is 1. The molecule has 1 aromatic carbocycles. The van der Waals surface area contributed by atoms with Crippen molar-refractivity contribution in [2.24, 2.45) is 10.9 Å². The van der Waals surface area contributed by atoms with Crippen LogP contribution in [0.15, 0.2) is 35.5 Å². The molecule has 0 radical (unpaired) electrons. The van der Waals surface area contributed by atoms with Crippen LogP contribution in [0.5, 0.6) is 0 Å². The van der Waals surface area contributed by atoms with Crippen LogP contribution < -0.4 is 5.32 Å². The minimum Gasteiger partial charge on any atom is -0.467 e. The lowest BCUT2D eigenvalue weighted by atomic mass is 10.0. The Balaban J connectivity index is 1.84. The number of H-pyrrole nitrogens is 1. The molecule has 9 nitrogen and oxygen atoms in total. The molecule has 27 heavy (non-hydrogen) atoms. The quantitative estimate of drug-likeness (QED) is 0.455. The van der Waals surface area contributed by atoms with E-state index in [0.29, 0.717) is 0 Å².